The molecular formula is C11H9NaO2. The van der Waals surface area contributed by atoms with Gasteiger partial charge >= 0.3 is 29.6 Å². The van der Waals surface area contributed by atoms with Gasteiger partial charge in [0.2, 0.25) is 0 Å². The van der Waals surface area contributed by atoms with Crippen molar-refractivity contribution in [3.63, 3.8) is 0 Å². The molecule has 0 aliphatic heterocycles. The maximum atomic E-state index is 10.6. The minimum absolute atomic E-state index is 0. The number of carbonyl (C=O) groups is 1. The van der Waals surface area contributed by atoms with Gasteiger partial charge in [0.15, 0.2) is 0 Å². The van der Waals surface area contributed by atoms with Crippen molar-refractivity contribution in [2.75, 3.05) is 0 Å². The molecule has 0 radical (unpaired) electrons. The van der Waals surface area contributed by atoms with Crippen LogP contribution in [0.3, 0.4) is 0 Å². The second-order valence-electron chi connectivity index (χ2n) is 3.16. The van der Waals surface area contributed by atoms with E-state index in [9.17, 15) is 9.90 Å². The largest absolute Gasteiger partial charge is 1.00 e. The minimum Gasteiger partial charge on any atom is -0.545 e. The standard InChI is InChI=1S/C11H10O2.Na/c12-11(13)10-6-5-8-3-1-2-4-9(8)7-10;/h1-4,7H,5-6H2,(H,12,13);/q;+1/p-1. The van der Waals surface area contributed by atoms with Crippen LogP contribution in [0.2, 0.25) is 0 Å². The second-order valence-corrected chi connectivity index (χ2v) is 3.16. The van der Waals surface area contributed by atoms with Crippen molar-refractivity contribution in [1.82, 2.24) is 0 Å². The number of fused-ring (bicyclic) bond motifs is 1. The molecule has 66 valence electrons. The fraction of sp³-hybridized carbons (Fsp3) is 0.182. The van der Waals surface area contributed by atoms with Crippen molar-refractivity contribution in [2.45, 2.75) is 12.8 Å². The number of rotatable bonds is 1. The number of hydrogen-bond donors (Lipinski definition) is 0. The smallest absolute Gasteiger partial charge is 0.545 e. The molecule has 0 saturated heterocycles. The first-order chi connectivity index (χ1) is 6.27. The summed E-state index contributed by atoms with van der Waals surface area (Å²) in [6, 6.07) is 7.83. The van der Waals surface area contributed by atoms with Crippen molar-refractivity contribution >= 4 is 12.0 Å². The first-order valence-electron chi connectivity index (χ1n) is 4.27. The zero-order chi connectivity index (χ0) is 9.26. The Hall–Kier alpha value is -0.570. The zero-order valence-corrected chi connectivity index (χ0v) is 10.1. The number of aliphatic carboxylic acids is 1. The van der Waals surface area contributed by atoms with Crippen LogP contribution in [0.4, 0.5) is 0 Å². The van der Waals surface area contributed by atoms with Crippen LogP contribution in [0.5, 0.6) is 0 Å². The summed E-state index contributed by atoms with van der Waals surface area (Å²) >= 11 is 0. The van der Waals surface area contributed by atoms with Crippen molar-refractivity contribution in [1.29, 1.82) is 0 Å². The molecule has 0 N–H and O–H groups in total. The van der Waals surface area contributed by atoms with Gasteiger partial charge < -0.3 is 9.90 Å². The summed E-state index contributed by atoms with van der Waals surface area (Å²) in [5, 5.41) is 10.6. The summed E-state index contributed by atoms with van der Waals surface area (Å²) in [6.45, 7) is 0. The molecule has 1 aliphatic carbocycles. The Kier molecular flexibility index (Phi) is 3.93. The molecule has 0 unspecified atom stereocenters. The van der Waals surface area contributed by atoms with Gasteiger partial charge in [-0.15, -0.1) is 0 Å². The summed E-state index contributed by atoms with van der Waals surface area (Å²) in [5.41, 5.74) is 2.62. The first-order valence-corrected chi connectivity index (χ1v) is 4.27. The van der Waals surface area contributed by atoms with Gasteiger partial charge in [0.05, 0.1) is 5.97 Å². The number of carboxylic acids is 1. The fourth-order valence-electron chi connectivity index (χ4n) is 1.59. The van der Waals surface area contributed by atoms with Gasteiger partial charge in [-0.1, -0.05) is 24.3 Å². The Bertz CT molecular complexity index is 383. The van der Waals surface area contributed by atoms with Crippen molar-refractivity contribution in [3.05, 3.63) is 41.0 Å². The van der Waals surface area contributed by atoms with Crippen molar-refractivity contribution in [2.24, 2.45) is 0 Å². The minimum atomic E-state index is -1.05. The van der Waals surface area contributed by atoms with Crippen molar-refractivity contribution < 1.29 is 39.5 Å². The van der Waals surface area contributed by atoms with Crippen molar-refractivity contribution in [3.8, 4) is 0 Å². The van der Waals surface area contributed by atoms with E-state index in [-0.39, 0.29) is 29.6 Å². The number of benzene rings is 1. The van der Waals surface area contributed by atoms with Gasteiger partial charge in [0.25, 0.3) is 0 Å². The molecule has 14 heavy (non-hydrogen) atoms. The summed E-state index contributed by atoms with van der Waals surface area (Å²) in [5.74, 6) is -1.05. The van der Waals surface area contributed by atoms with E-state index in [1.54, 1.807) is 6.08 Å². The molecule has 0 aromatic heterocycles. The number of hydrogen-bond acceptors (Lipinski definition) is 2. The fourth-order valence-corrected chi connectivity index (χ4v) is 1.59. The molecule has 0 bridgehead atoms. The Labute approximate surface area is 105 Å². The molecule has 1 aromatic rings. The van der Waals surface area contributed by atoms with Gasteiger partial charge in [0.1, 0.15) is 0 Å². The van der Waals surface area contributed by atoms with E-state index in [4.69, 9.17) is 0 Å². The Balaban J connectivity index is 0.000000980. The number of carbonyl (C=O) groups excluding carboxylic acids is 1. The molecule has 2 rings (SSSR count). The Morgan fingerprint density at radius 2 is 1.93 bits per heavy atom. The second kappa shape index (κ2) is 4.78. The third-order valence-corrected chi connectivity index (χ3v) is 2.31. The maximum Gasteiger partial charge on any atom is 1.00 e. The van der Waals surface area contributed by atoms with Crippen LogP contribution in [-0.4, -0.2) is 5.97 Å². The average molecular weight is 196 g/mol. The quantitative estimate of drug-likeness (QED) is 0.477. The van der Waals surface area contributed by atoms with Crippen LogP contribution in [-0.2, 0) is 11.2 Å². The Morgan fingerprint density at radius 1 is 1.21 bits per heavy atom. The van der Waals surface area contributed by atoms with Gasteiger partial charge in [-0.25, -0.2) is 0 Å². The number of aryl methyl sites for hydroxylation is 1. The molecule has 3 heteroatoms. The Morgan fingerprint density at radius 3 is 2.64 bits per heavy atom. The summed E-state index contributed by atoms with van der Waals surface area (Å²) < 4.78 is 0. The summed E-state index contributed by atoms with van der Waals surface area (Å²) in [6.07, 6.45) is 3.09. The van der Waals surface area contributed by atoms with E-state index >= 15 is 0 Å². The van der Waals surface area contributed by atoms with Crippen LogP contribution >= 0.6 is 0 Å². The zero-order valence-electron chi connectivity index (χ0n) is 8.12. The predicted octanol–water partition coefficient (Wildman–Crippen LogP) is -2.23. The molecule has 0 fully saturated rings. The maximum absolute atomic E-state index is 10.6. The van der Waals surface area contributed by atoms with E-state index in [1.165, 1.54) is 5.56 Å². The topological polar surface area (TPSA) is 40.1 Å². The third-order valence-electron chi connectivity index (χ3n) is 2.31. The summed E-state index contributed by atoms with van der Waals surface area (Å²) in [7, 11) is 0. The molecule has 1 aliphatic rings. The predicted molar refractivity (Wildman–Crippen MR) is 47.7 cm³/mol. The van der Waals surface area contributed by atoms with Gasteiger partial charge in [-0.3, -0.25) is 0 Å². The molecular weight excluding hydrogens is 187 g/mol. The third kappa shape index (κ3) is 2.27. The van der Waals surface area contributed by atoms with E-state index < -0.39 is 5.97 Å². The van der Waals surface area contributed by atoms with Gasteiger partial charge in [-0.2, -0.15) is 0 Å². The molecule has 1 aromatic carbocycles. The molecule has 0 spiro atoms. The van der Waals surface area contributed by atoms with Crippen LogP contribution in [0, 0.1) is 0 Å². The SMILES string of the molecule is O=C([O-])C1=Cc2ccccc2CC1.[Na+]. The van der Waals surface area contributed by atoms with E-state index in [1.807, 2.05) is 24.3 Å². The molecule has 0 saturated carbocycles. The van der Waals surface area contributed by atoms with Crippen LogP contribution in [0.15, 0.2) is 29.8 Å². The number of carboxylic acid groups (broad SMARTS) is 1. The molecule has 2 nitrogen and oxygen atoms in total. The summed E-state index contributed by atoms with van der Waals surface area (Å²) in [4.78, 5) is 10.6. The normalized spacial score (nSPS) is 13.6. The van der Waals surface area contributed by atoms with Crippen LogP contribution in [0.1, 0.15) is 17.5 Å². The van der Waals surface area contributed by atoms with Crippen LogP contribution in [0.25, 0.3) is 6.08 Å². The van der Waals surface area contributed by atoms with E-state index in [0.717, 1.165) is 12.0 Å². The van der Waals surface area contributed by atoms with Gasteiger partial charge in [0, 0.05) is 0 Å². The van der Waals surface area contributed by atoms with E-state index in [2.05, 4.69) is 0 Å². The average Bonchev–Trinajstić information content (AvgIpc) is 2.17. The monoisotopic (exact) mass is 196 g/mol. The van der Waals surface area contributed by atoms with Gasteiger partial charge in [-0.05, 0) is 35.6 Å². The molecule has 0 heterocycles. The molecule has 0 amide bonds. The molecule has 0 atom stereocenters. The van der Waals surface area contributed by atoms with E-state index in [0.29, 0.717) is 12.0 Å². The first kappa shape index (κ1) is 11.5. The van der Waals surface area contributed by atoms with Crippen LogP contribution < -0.4 is 34.7 Å².